The van der Waals surface area contributed by atoms with E-state index in [0.29, 0.717) is 27.8 Å². The Kier molecular flexibility index (Phi) is 10.3. The van der Waals surface area contributed by atoms with Crippen LogP contribution in [0.3, 0.4) is 0 Å². The molecule has 186 valence electrons. The fourth-order valence-electron chi connectivity index (χ4n) is 3.65. The molecule has 0 spiro atoms. The minimum Gasteiger partial charge on any atom is -0.483 e. The molecule has 1 N–H and O–H groups in total. The van der Waals surface area contributed by atoms with Crippen molar-refractivity contribution in [1.29, 1.82) is 0 Å². The van der Waals surface area contributed by atoms with Gasteiger partial charge in [0, 0.05) is 28.2 Å². The number of carbonyl (C=O) groups excluding carboxylic acids is 2. The van der Waals surface area contributed by atoms with Crippen LogP contribution in [-0.2, 0) is 21.5 Å². The van der Waals surface area contributed by atoms with Crippen LogP contribution in [0.5, 0.6) is 5.75 Å². The summed E-state index contributed by atoms with van der Waals surface area (Å²) in [5.74, 6) is 0.130. The minimum atomic E-state index is -0.685. The Morgan fingerprint density at radius 3 is 2.18 bits per heavy atom. The molecule has 2 aromatic carbocycles. The van der Waals surface area contributed by atoms with Crippen LogP contribution in [0.15, 0.2) is 42.5 Å². The SMILES string of the molecule is CC[C@@H](C)NC(=O)[C@H](CC)N(Cc1c(Cl)cccc1Cl)C(=O)COc1ccccc1C(C)(C)C. The van der Waals surface area contributed by atoms with E-state index >= 15 is 0 Å². The molecule has 0 bridgehead atoms. The van der Waals surface area contributed by atoms with Crippen LogP contribution in [0.25, 0.3) is 0 Å². The monoisotopic (exact) mass is 506 g/mol. The zero-order valence-corrected chi connectivity index (χ0v) is 22.5. The van der Waals surface area contributed by atoms with Crippen molar-refractivity contribution in [2.24, 2.45) is 0 Å². The molecule has 0 aliphatic carbocycles. The Bertz CT molecular complexity index is 968. The molecule has 7 heteroatoms. The van der Waals surface area contributed by atoms with E-state index in [1.807, 2.05) is 45.0 Å². The van der Waals surface area contributed by atoms with Crippen LogP contribution in [0, 0.1) is 0 Å². The molecule has 0 aromatic heterocycles. The third kappa shape index (κ3) is 7.38. The maximum absolute atomic E-state index is 13.5. The highest BCUT2D eigenvalue weighted by atomic mass is 35.5. The highest BCUT2D eigenvalue weighted by Gasteiger charge is 2.31. The molecule has 0 radical (unpaired) electrons. The molecule has 0 aliphatic rings. The topological polar surface area (TPSA) is 58.6 Å². The van der Waals surface area contributed by atoms with E-state index in [0.717, 1.165) is 12.0 Å². The molecule has 0 aliphatic heterocycles. The number of nitrogens with zero attached hydrogens (tertiary/aromatic N) is 1. The van der Waals surface area contributed by atoms with Crippen molar-refractivity contribution in [3.05, 3.63) is 63.6 Å². The average molecular weight is 508 g/mol. The quantitative estimate of drug-likeness (QED) is 0.405. The fraction of sp³-hybridized carbons (Fsp3) is 0.481. The third-order valence-electron chi connectivity index (χ3n) is 5.82. The van der Waals surface area contributed by atoms with Gasteiger partial charge in [-0.3, -0.25) is 9.59 Å². The van der Waals surface area contributed by atoms with Gasteiger partial charge in [0.2, 0.25) is 5.91 Å². The zero-order valence-electron chi connectivity index (χ0n) is 21.0. The van der Waals surface area contributed by atoms with Gasteiger partial charge in [0.05, 0.1) is 0 Å². The van der Waals surface area contributed by atoms with Crippen molar-refractivity contribution in [3.8, 4) is 5.75 Å². The van der Waals surface area contributed by atoms with Gasteiger partial charge in [0.15, 0.2) is 6.61 Å². The number of para-hydroxylation sites is 1. The van der Waals surface area contributed by atoms with Crippen LogP contribution >= 0.6 is 23.2 Å². The second kappa shape index (κ2) is 12.5. The molecule has 2 aromatic rings. The lowest BCUT2D eigenvalue weighted by atomic mass is 9.86. The number of carbonyl (C=O) groups is 2. The lowest BCUT2D eigenvalue weighted by Gasteiger charge is -2.32. The Morgan fingerprint density at radius 1 is 1.00 bits per heavy atom. The van der Waals surface area contributed by atoms with Crippen LogP contribution in [0.4, 0.5) is 0 Å². The Labute approximate surface area is 213 Å². The summed E-state index contributed by atoms with van der Waals surface area (Å²) in [5, 5.41) is 3.89. The van der Waals surface area contributed by atoms with Gasteiger partial charge in [-0.25, -0.2) is 0 Å². The first-order valence-electron chi connectivity index (χ1n) is 11.7. The first-order valence-corrected chi connectivity index (χ1v) is 12.5. The largest absolute Gasteiger partial charge is 0.483 e. The Morgan fingerprint density at radius 2 is 1.62 bits per heavy atom. The summed E-state index contributed by atoms with van der Waals surface area (Å²) in [6.45, 7) is 12.0. The normalized spacial score (nSPS) is 13.2. The lowest BCUT2D eigenvalue weighted by Crippen LogP contribution is -2.51. The van der Waals surface area contributed by atoms with Gasteiger partial charge in [0.25, 0.3) is 5.91 Å². The van der Waals surface area contributed by atoms with E-state index in [1.165, 1.54) is 4.90 Å². The summed E-state index contributed by atoms with van der Waals surface area (Å²) in [6, 6.07) is 12.2. The molecule has 0 heterocycles. The van der Waals surface area contributed by atoms with Gasteiger partial charge in [-0.2, -0.15) is 0 Å². The van der Waals surface area contributed by atoms with Gasteiger partial charge >= 0.3 is 0 Å². The summed E-state index contributed by atoms with van der Waals surface area (Å²) >= 11 is 12.8. The number of hydrogen-bond donors (Lipinski definition) is 1. The molecule has 2 rings (SSSR count). The Hall–Kier alpha value is -2.24. The number of rotatable bonds is 10. The minimum absolute atomic E-state index is 0.00249. The summed E-state index contributed by atoms with van der Waals surface area (Å²) in [7, 11) is 0. The molecule has 2 atom stereocenters. The number of hydrogen-bond acceptors (Lipinski definition) is 3. The first-order chi connectivity index (χ1) is 16.0. The number of halogens is 2. The van der Waals surface area contributed by atoms with Gasteiger partial charge in [-0.15, -0.1) is 0 Å². The van der Waals surface area contributed by atoms with Crippen LogP contribution in [-0.4, -0.2) is 35.4 Å². The number of nitrogens with one attached hydrogen (secondary N) is 1. The van der Waals surface area contributed by atoms with E-state index < -0.39 is 6.04 Å². The van der Waals surface area contributed by atoms with E-state index in [1.54, 1.807) is 18.2 Å². The number of amides is 2. The molecule has 0 saturated carbocycles. The summed E-state index contributed by atoms with van der Waals surface area (Å²) in [5.41, 5.74) is 1.46. The predicted molar refractivity (Wildman–Crippen MR) is 140 cm³/mol. The van der Waals surface area contributed by atoms with Crippen LogP contribution in [0.2, 0.25) is 10.0 Å². The average Bonchev–Trinajstić information content (AvgIpc) is 2.78. The summed E-state index contributed by atoms with van der Waals surface area (Å²) < 4.78 is 5.99. The summed E-state index contributed by atoms with van der Waals surface area (Å²) in [4.78, 5) is 28.1. The van der Waals surface area contributed by atoms with E-state index in [4.69, 9.17) is 27.9 Å². The smallest absolute Gasteiger partial charge is 0.261 e. The predicted octanol–water partition coefficient (Wildman–Crippen LogP) is 6.39. The van der Waals surface area contributed by atoms with Crippen molar-refractivity contribution in [1.82, 2.24) is 10.2 Å². The highest BCUT2D eigenvalue weighted by molar-refractivity contribution is 6.36. The van der Waals surface area contributed by atoms with Gasteiger partial charge in [0.1, 0.15) is 11.8 Å². The maximum Gasteiger partial charge on any atom is 0.261 e. The van der Waals surface area contributed by atoms with E-state index in [-0.39, 0.29) is 36.4 Å². The molecule has 2 amide bonds. The molecule has 5 nitrogen and oxygen atoms in total. The molecule has 0 fully saturated rings. The standard InChI is InChI=1S/C27H36Cl2N2O3/c1-7-18(3)30-26(33)23(8-2)31(16-19-21(28)13-11-14-22(19)29)25(32)17-34-24-15-10-9-12-20(24)27(4,5)6/h9-15,18,23H,7-8,16-17H2,1-6H3,(H,30,33)/t18-,23+/m1/s1. The number of ether oxygens (including phenoxy) is 1. The third-order valence-corrected chi connectivity index (χ3v) is 6.53. The Balaban J connectivity index is 2.35. The van der Waals surface area contributed by atoms with Crippen LogP contribution in [0.1, 0.15) is 65.5 Å². The van der Waals surface area contributed by atoms with E-state index in [9.17, 15) is 9.59 Å². The van der Waals surface area contributed by atoms with Crippen molar-refractivity contribution in [2.45, 2.75) is 78.4 Å². The molecular weight excluding hydrogens is 471 g/mol. The molecule has 34 heavy (non-hydrogen) atoms. The fourth-order valence-corrected chi connectivity index (χ4v) is 4.17. The maximum atomic E-state index is 13.5. The molecular formula is C27H36Cl2N2O3. The van der Waals surface area contributed by atoms with Crippen molar-refractivity contribution in [2.75, 3.05) is 6.61 Å². The zero-order chi connectivity index (χ0) is 25.5. The van der Waals surface area contributed by atoms with Crippen molar-refractivity contribution < 1.29 is 14.3 Å². The second-order valence-corrected chi connectivity index (χ2v) is 10.3. The molecule has 0 unspecified atom stereocenters. The van der Waals surface area contributed by atoms with Crippen molar-refractivity contribution in [3.63, 3.8) is 0 Å². The summed E-state index contributed by atoms with van der Waals surface area (Å²) in [6.07, 6.45) is 1.23. The lowest BCUT2D eigenvalue weighted by molar-refractivity contribution is -0.143. The van der Waals surface area contributed by atoms with Gasteiger partial charge in [-0.05, 0) is 48.9 Å². The first kappa shape index (κ1) is 28.0. The van der Waals surface area contributed by atoms with Crippen molar-refractivity contribution >= 4 is 35.0 Å². The van der Waals surface area contributed by atoms with Crippen LogP contribution < -0.4 is 10.1 Å². The van der Waals surface area contributed by atoms with Gasteiger partial charge < -0.3 is 15.0 Å². The second-order valence-electron chi connectivity index (χ2n) is 9.50. The number of benzene rings is 2. The van der Waals surface area contributed by atoms with E-state index in [2.05, 4.69) is 26.1 Å². The van der Waals surface area contributed by atoms with Gasteiger partial charge in [-0.1, -0.05) is 82.1 Å². The highest BCUT2D eigenvalue weighted by Crippen LogP contribution is 2.31. The molecule has 0 saturated heterocycles.